The van der Waals surface area contributed by atoms with Crippen LogP contribution in [0.25, 0.3) is 0 Å². The minimum atomic E-state index is -0.568. The smallest absolute Gasteiger partial charge is 0.133 e. The number of nitrogens with one attached hydrogen (secondary N) is 1. The van der Waals surface area contributed by atoms with Gasteiger partial charge in [0.25, 0.3) is 0 Å². The number of furan rings is 1. The Balaban J connectivity index is 1.55. The van der Waals surface area contributed by atoms with E-state index in [2.05, 4.69) is 29.6 Å². The first kappa shape index (κ1) is 13.4. The van der Waals surface area contributed by atoms with Crippen LogP contribution in [0.15, 0.2) is 53.1 Å². The monoisotopic (exact) mass is 271 g/mol. The Labute approximate surface area is 119 Å². The first-order chi connectivity index (χ1) is 9.83. The van der Waals surface area contributed by atoms with Crippen LogP contribution in [0.4, 0.5) is 0 Å². The summed E-state index contributed by atoms with van der Waals surface area (Å²) in [5.74, 6) is 1.38. The third kappa shape index (κ3) is 3.50. The number of hydrogen-bond donors (Lipinski definition) is 2. The van der Waals surface area contributed by atoms with Gasteiger partial charge >= 0.3 is 0 Å². The zero-order valence-electron chi connectivity index (χ0n) is 11.5. The van der Waals surface area contributed by atoms with Crippen LogP contribution in [0.2, 0.25) is 0 Å². The highest BCUT2D eigenvalue weighted by molar-refractivity contribution is 5.16. The third-order valence-electron chi connectivity index (χ3n) is 3.93. The van der Waals surface area contributed by atoms with Crippen LogP contribution in [0.1, 0.15) is 30.3 Å². The molecule has 0 bridgehead atoms. The highest BCUT2D eigenvalue weighted by atomic mass is 16.4. The minimum absolute atomic E-state index is 0.446. The van der Waals surface area contributed by atoms with Crippen molar-refractivity contribution in [2.75, 3.05) is 6.54 Å². The standard InChI is InChI=1S/C17H21NO2/c19-16(17-7-4-10-20-17)12-18-15(14-8-9-14)11-13-5-2-1-3-6-13/h1-7,10,14-16,18-19H,8-9,11-12H2. The molecule has 3 heteroatoms. The third-order valence-corrected chi connectivity index (χ3v) is 3.93. The molecule has 0 amide bonds. The summed E-state index contributed by atoms with van der Waals surface area (Å²) in [5, 5.41) is 13.6. The van der Waals surface area contributed by atoms with Crippen LogP contribution in [0, 0.1) is 5.92 Å². The van der Waals surface area contributed by atoms with E-state index in [4.69, 9.17) is 4.42 Å². The summed E-state index contributed by atoms with van der Waals surface area (Å²) in [7, 11) is 0. The quantitative estimate of drug-likeness (QED) is 0.814. The molecule has 3 rings (SSSR count). The summed E-state index contributed by atoms with van der Waals surface area (Å²) in [6, 6.07) is 14.6. The van der Waals surface area contributed by atoms with Gasteiger partial charge in [-0.3, -0.25) is 0 Å². The van der Waals surface area contributed by atoms with Crippen molar-refractivity contribution in [1.82, 2.24) is 5.32 Å². The Hall–Kier alpha value is -1.58. The Bertz CT molecular complexity index is 505. The molecule has 1 saturated carbocycles. The Morgan fingerprint density at radius 2 is 1.95 bits per heavy atom. The molecule has 1 aliphatic carbocycles. The molecule has 0 spiro atoms. The summed E-state index contributed by atoms with van der Waals surface area (Å²) in [6.07, 6.45) is 4.64. The summed E-state index contributed by atoms with van der Waals surface area (Å²) in [4.78, 5) is 0. The number of rotatable bonds is 7. The molecule has 0 aliphatic heterocycles. The number of benzene rings is 1. The summed E-state index contributed by atoms with van der Waals surface area (Å²) >= 11 is 0. The topological polar surface area (TPSA) is 45.4 Å². The second kappa shape index (κ2) is 6.25. The van der Waals surface area contributed by atoms with Gasteiger partial charge in [-0.05, 0) is 42.9 Å². The zero-order valence-corrected chi connectivity index (χ0v) is 11.5. The molecule has 106 valence electrons. The average molecular weight is 271 g/mol. The Kier molecular flexibility index (Phi) is 4.19. The van der Waals surface area contributed by atoms with Gasteiger partial charge in [0.05, 0.1) is 6.26 Å². The largest absolute Gasteiger partial charge is 0.467 e. The molecule has 0 radical (unpaired) electrons. The normalized spacial score (nSPS) is 17.9. The van der Waals surface area contributed by atoms with Crippen LogP contribution < -0.4 is 5.32 Å². The molecular formula is C17H21NO2. The highest BCUT2D eigenvalue weighted by Crippen LogP contribution is 2.34. The van der Waals surface area contributed by atoms with Crippen molar-refractivity contribution in [2.45, 2.75) is 31.4 Å². The lowest BCUT2D eigenvalue weighted by molar-refractivity contribution is 0.142. The lowest BCUT2D eigenvalue weighted by atomic mass is 10.0. The van der Waals surface area contributed by atoms with E-state index < -0.39 is 6.10 Å². The van der Waals surface area contributed by atoms with Gasteiger partial charge in [-0.2, -0.15) is 0 Å². The van der Waals surface area contributed by atoms with Crippen LogP contribution in [0.5, 0.6) is 0 Å². The highest BCUT2D eigenvalue weighted by Gasteiger charge is 2.31. The fourth-order valence-electron chi connectivity index (χ4n) is 2.62. The van der Waals surface area contributed by atoms with E-state index in [-0.39, 0.29) is 0 Å². The maximum Gasteiger partial charge on any atom is 0.133 e. The number of aliphatic hydroxyl groups excluding tert-OH is 1. The van der Waals surface area contributed by atoms with E-state index in [0.29, 0.717) is 18.3 Å². The van der Waals surface area contributed by atoms with Crippen LogP contribution in [-0.2, 0) is 6.42 Å². The van der Waals surface area contributed by atoms with Crippen molar-refractivity contribution in [2.24, 2.45) is 5.92 Å². The van der Waals surface area contributed by atoms with Gasteiger partial charge in [0.1, 0.15) is 11.9 Å². The molecule has 20 heavy (non-hydrogen) atoms. The molecule has 1 aromatic heterocycles. The lowest BCUT2D eigenvalue weighted by Gasteiger charge is -2.20. The van der Waals surface area contributed by atoms with Gasteiger partial charge in [-0.15, -0.1) is 0 Å². The van der Waals surface area contributed by atoms with Gasteiger partial charge < -0.3 is 14.8 Å². The van der Waals surface area contributed by atoms with Gasteiger partial charge in [0.2, 0.25) is 0 Å². The number of aliphatic hydroxyl groups is 1. The fourth-order valence-corrected chi connectivity index (χ4v) is 2.62. The summed E-state index contributed by atoms with van der Waals surface area (Å²) < 4.78 is 5.23. The van der Waals surface area contributed by atoms with Crippen LogP contribution in [-0.4, -0.2) is 17.7 Å². The molecule has 1 aliphatic rings. The molecule has 0 saturated heterocycles. The van der Waals surface area contributed by atoms with Crippen LogP contribution in [0.3, 0.4) is 0 Å². The van der Waals surface area contributed by atoms with Gasteiger partial charge in [0.15, 0.2) is 0 Å². The summed E-state index contributed by atoms with van der Waals surface area (Å²) in [5.41, 5.74) is 1.35. The first-order valence-corrected chi connectivity index (χ1v) is 7.31. The van der Waals surface area contributed by atoms with Crippen molar-refractivity contribution < 1.29 is 9.52 Å². The first-order valence-electron chi connectivity index (χ1n) is 7.31. The molecule has 2 N–H and O–H groups in total. The molecule has 3 nitrogen and oxygen atoms in total. The van der Waals surface area contributed by atoms with E-state index in [1.54, 1.807) is 12.3 Å². The molecule has 2 unspecified atom stereocenters. The van der Waals surface area contributed by atoms with Gasteiger partial charge in [-0.25, -0.2) is 0 Å². The SMILES string of the molecule is OC(CNC(Cc1ccccc1)C1CC1)c1ccco1. The fraction of sp³-hybridized carbons (Fsp3) is 0.412. The molecular weight excluding hydrogens is 250 g/mol. The molecule has 2 atom stereocenters. The van der Waals surface area contributed by atoms with E-state index >= 15 is 0 Å². The second-order valence-electron chi connectivity index (χ2n) is 5.57. The van der Waals surface area contributed by atoms with E-state index in [1.165, 1.54) is 18.4 Å². The minimum Gasteiger partial charge on any atom is -0.467 e. The predicted molar refractivity (Wildman–Crippen MR) is 78.3 cm³/mol. The molecule has 1 heterocycles. The Morgan fingerprint density at radius 3 is 2.60 bits per heavy atom. The van der Waals surface area contributed by atoms with Crippen molar-refractivity contribution in [3.8, 4) is 0 Å². The van der Waals surface area contributed by atoms with Crippen LogP contribution >= 0.6 is 0 Å². The van der Waals surface area contributed by atoms with Crippen molar-refractivity contribution >= 4 is 0 Å². The average Bonchev–Trinajstić information content (AvgIpc) is 3.18. The van der Waals surface area contributed by atoms with Crippen molar-refractivity contribution in [3.63, 3.8) is 0 Å². The summed E-state index contributed by atoms with van der Waals surface area (Å²) in [6.45, 7) is 0.543. The Morgan fingerprint density at radius 1 is 1.15 bits per heavy atom. The lowest BCUT2D eigenvalue weighted by Crippen LogP contribution is -2.36. The maximum atomic E-state index is 10.1. The van der Waals surface area contributed by atoms with E-state index in [0.717, 1.165) is 12.3 Å². The van der Waals surface area contributed by atoms with Gasteiger partial charge in [0, 0.05) is 12.6 Å². The molecule has 1 fully saturated rings. The van der Waals surface area contributed by atoms with Crippen molar-refractivity contribution in [3.05, 3.63) is 60.1 Å². The van der Waals surface area contributed by atoms with E-state index in [1.807, 2.05) is 12.1 Å². The molecule has 2 aromatic rings. The maximum absolute atomic E-state index is 10.1. The zero-order chi connectivity index (χ0) is 13.8. The van der Waals surface area contributed by atoms with E-state index in [9.17, 15) is 5.11 Å². The second-order valence-corrected chi connectivity index (χ2v) is 5.57. The van der Waals surface area contributed by atoms with Gasteiger partial charge in [-0.1, -0.05) is 30.3 Å². The predicted octanol–water partition coefficient (Wildman–Crippen LogP) is 2.92. The number of hydrogen-bond acceptors (Lipinski definition) is 3. The van der Waals surface area contributed by atoms with Crippen molar-refractivity contribution in [1.29, 1.82) is 0 Å². The molecule has 1 aromatic carbocycles.